The smallest absolute Gasteiger partial charge is 0.191 e. The highest BCUT2D eigenvalue weighted by molar-refractivity contribution is 14.1. The van der Waals surface area contributed by atoms with E-state index in [9.17, 15) is 14.1 Å². The van der Waals surface area contributed by atoms with Gasteiger partial charge in [-0.25, -0.2) is 8.93 Å². The number of ketones is 1. The first-order valence-electron chi connectivity index (χ1n) is 11.2. The molecule has 2 saturated carbocycles. The Labute approximate surface area is 214 Å². The van der Waals surface area contributed by atoms with E-state index in [-0.39, 0.29) is 17.1 Å². The summed E-state index contributed by atoms with van der Waals surface area (Å²) in [7, 11) is -1.39. The van der Waals surface area contributed by atoms with E-state index >= 15 is 0 Å². The summed E-state index contributed by atoms with van der Waals surface area (Å²) in [6, 6.07) is 18.8. The van der Waals surface area contributed by atoms with Crippen LogP contribution in [-0.2, 0) is 11.0 Å². The van der Waals surface area contributed by atoms with Crippen LogP contribution in [0.15, 0.2) is 66.2 Å². The predicted molar refractivity (Wildman–Crippen MR) is 140 cm³/mol. The van der Waals surface area contributed by atoms with Gasteiger partial charge in [0.2, 0.25) is 0 Å². The number of carbonyl (C=O) groups is 1. The minimum absolute atomic E-state index is 0.149. The van der Waals surface area contributed by atoms with Crippen LogP contribution in [0, 0.1) is 16.7 Å². The number of Topliss-reactive ketones (excluding diaryl/α,β-unsaturated/α-hetero) is 1. The fraction of sp³-hybridized carbons (Fsp3) is 0.423. The molecule has 4 aliphatic rings. The Morgan fingerprint density at radius 2 is 1.73 bits per heavy atom. The Balaban J connectivity index is 1.76. The van der Waals surface area contributed by atoms with Crippen LogP contribution in [0.3, 0.4) is 0 Å². The molecule has 0 aromatic heterocycles. The van der Waals surface area contributed by atoms with Crippen molar-refractivity contribution in [2.75, 3.05) is 5.75 Å². The fourth-order valence-electron chi connectivity index (χ4n) is 7.83. The molecule has 1 heterocycles. The Hall–Kier alpha value is -1.06. The number of aliphatic hydroxyl groups is 1. The molecule has 3 fully saturated rings. The molecule has 6 atom stereocenters. The minimum Gasteiger partial charge on any atom is -0.384 e. The van der Waals surface area contributed by atoms with Crippen molar-refractivity contribution in [3.05, 3.63) is 77.4 Å². The van der Waals surface area contributed by atoms with Gasteiger partial charge in [0.15, 0.2) is 8.66 Å². The molecular formula is C26H25ClINO3S. The summed E-state index contributed by atoms with van der Waals surface area (Å²) < 4.78 is 15.3. The van der Waals surface area contributed by atoms with Crippen LogP contribution in [0.5, 0.6) is 0 Å². The Morgan fingerprint density at radius 3 is 2.36 bits per heavy atom. The van der Waals surface area contributed by atoms with E-state index in [4.69, 9.17) is 11.6 Å². The second-order valence-electron chi connectivity index (χ2n) is 10.4. The first kappa shape index (κ1) is 22.4. The zero-order valence-electron chi connectivity index (χ0n) is 18.4. The summed E-state index contributed by atoms with van der Waals surface area (Å²) in [5.74, 6) is 0.0842. The van der Waals surface area contributed by atoms with E-state index in [1.807, 2.05) is 48.5 Å². The van der Waals surface area contributed by atoms with Crippen LogP contribution in [0.1, 0.15) is 42.6 Å². The molecule has 2 aromatic carbocycles. The minimum atomic E-state index is -1.49. The van der Waals surface area contributed by atoms with Crippen molar-refractivity contribution in [1.82, 2.24) is 4.72 Å². The second-order valence-corrected chi connectivity index (χ2v) is 14.4. The molecule has 1 aliphatic heterocycles. The molecule has 1 unspecified atom stereocenters. The van der Waals surface area contributed by atoms with Gasteiger partial charge in [0.05, 0.1) is 16.5 Å². The Kier molecular flexibility index (Phi) is 4.61. The van der Waals surface area contributed by atoms with E-state index in [1.54, 1.807) is 12.1 Å². The lowest BCUT2D eigenvalue weighted by atomic mass is 9.58. The van der Waals surface area contributed by atoms with Gasteiger partial charge in [0, 0.05) is 27.9 Å². The normalized spacial score (nSPS) is 42.5. The van der Waals surface area contributed by atoms with Gasteiger partial charge in [0.25, 0.3) is 0 Å². The van der Waals surface area contributed by atoms with E-state index < -0.39 is 30.4 Å². The number of carbonyl (C=O) groups excluding carboxylic acids is 1. The molecule has 4 nitrogen and oxygen atoms in total. The maximum atomic E-state index is 14.4. The zero-order valence-corrected chi connectivity index (χ0v) is 22.1. The summed E-state index contributed by atoms with van der Waals surface area (Å²) in [5.41, 5.74) is -1.11. The third-order valence-corrected chi connectivity index (χ3v) is 12.3. The number of halogens is 2. The van der Waals surface area contributed by atoms with Gasteiger partial charge in [0.1, 0.15) is 5.60 Å². The largest absolute Gasteiger partial charge is 0.384 e. The Morgan fingerprint density at radius 1 is 1.12 bits per heavy atom. The van der Waals surface area contributed by atoms with Gasteiger partial charge >= 0.3 is 0 Å². The maximum Gasteiger partial charge on any atom is 0.191 e. The molecule has 2 spiro atoms. The summed E-state index contributed by atoms with van der Waals surface area (Å²) in [6.07, 6.45) is 1.58. The SMILES string of the molecule is CC1(C)[C@@H]2CC[C@]13CS(=O)N[C@@]31C(C(=O)c3ccccc3)=C(c3ccccc3)[C@@](Cl)(I)[C@@]21O. The number of benzene rings is 2. The molecule has 172 valence electrons. The zero-order chi connectivity index (χ0) is 23.4. The van der Waals surface area contributed by atoms with Crippen molar-refractivity contribution in [1.29, 1.82) is 0 Å². The van der Waals surface area contributed by atoms with Crippen LogP contribution >= 0.6 is 34.2 Å². The summed E-state index contributed by atoms with van der Waals surface area (Å²) in [6.45, 7) is 4.31. The van der Waals surface area contributed by atoms with Gasteiger partial charge in [-0.1, -0.05) is 109 Å². The molecule has 7 heteroatoms. The van der Waals surface area contributed by atoms with Crippen LogP contribution < -0.4 is 4.72 Å². The summed E-state index contributed by atoms with van der Waals surface area (Å²) in [5, 5.41) is 12.8. The molecule has 0 radical (unpaired) electrons. The number of hydrogen-bond donors (Lipinski definition) is 2. The van der Waals surface area contributed by atoms with Crippen molar-refractivity contribution in [2.45, 2.75) is 40.7 Å². The van der Waals surface area contributed by atoms with Crippen LogP contribution in [-0.4, -0.2) is 34.9 Å². The highest BCUT2D eigenvalue weighted by Crippen LogP contribution is 2.83. The number of nitrogens with one attached hydrogen (secondary N) is 1. The van der Waals surface area contributed by atoms with Crippen molar-refractivity contribution < 1.29 is 14.1 Å². The lowest BCUT2D eigenvalue weighted by Gasteiger charge is -2.51. The van der Waals surface area contributed by atoms with Crippen molar-refractivity contribution in [3.63, 3.8) is 0 Å². The first-order valence-corrected chi connectivity index (χ1v) is 14.0. The first-order chi connectivity index (χ1) is 15.6. The quantitative estimate of drug-likeness (QED) is 0.303. The topological polar surface area (TPSA) is 66.4 Å². The van der Waals surface area contributed by atoms with Crippen LogP contribution in [0.25, 0.3) is 5.57 Å². The Bertz CT molecular complexity index is 1250. The van der Waals surface area contributed by atoms with Crippen molar-refractivity contribution in [3.8, 4) is 0 Å². The second kappa shape index (κ2) is 6.78. The molecule has 0 amide bonds. The number of hydrogen-bond acceptors (Lipinski definition) is 3. The molecule has 3 aliphatic carbocycles. The predicted octanol–water partition coefficient (Wildman–Crippen LogP) is 4.88. The van der Waals surface area contributed by atoms with E-state index in [0.717, 1.165) is 18.4 Å². The number of alkyl halides is 2. The van der Waals surface area contributed by atoms with Gasteiger partial charge in [-0.3, -0.25) is 4.79 Å². The molecular weight excluding hydrogens is 569 g/mol. The highest BCUT2D eigenvalue weighted by atomic mass is 127. The van der Waals surface area contributed by atoms with Crippen molar-refractivity contribution >= 4 is 56.5 Å². The summed E-state index contributed by atoms with van der Waals surface area (Å²) >= 11 is 9.60. The van der Waals surface area contributed by atoms with Crippen LogP contribution in [0.2, 0.25) is 0 Å². The molecule has 33 heavy (non-hydrogen) atoms. The highest BCUT2D eigenvalue weighted by Gasteiger charge is 2.92. The van der Waals surface area contributed by atoms with Gasteiger partial charge in [-0.15, -0.1) is 0 Å². The maximum absolute atomic E-state index is 14.4. The van der Waals surface area contributed by atoms with E-state index in [1.165, 1.54) is 0 Å². The lowest BCUT2D eigenvalue weighted by molar-refractivity contribution is -0.0659. The fourth-order valence-corrected chi connectivity index (χ4v) is 11.7. The third kappa shape index (κ3) is 2.27. The van der Waals surface area contributed by atoms with Crippen molar-refractivity contribution in [2.24, 2.45) is 16.7 Å². The number of rotatable bonds is 3. The molecule has 2 aromatic rings. The summed E-state index contributed by atoms with van der Waals surface area (Å²) in [4.78, 5) is 14.4. The van der Waals surface area contributed by atoms with E-state index in [0.29, 0.717) is 22.5 Å². The number of fused-ring (bicyclic) bond motifs is 2. The average Bonchev–Trinajstić information content (AvgIpc) is 3.34. The molecule has 2 N–H and O–H groups in total. The monoisotopic (exact) mass is 593 g/mol. The lowest BCUT2D eigenvalue weighted by Crippen LogP contribution is -2.70. The van der Waals surface area contributed by atoms with Gasteiger partial charge in [-0.05, 0) is 29.7 Å². The molecule has 2 bridgehead atoms. The third-order valence-electron chi connectivity index (χ3n) is 9.15. The van der Waals surface area contributed by atoms with Gasteiger partial charge in [-0.2, -0.15) is 0 Å². The molecule has 1 saturated heterocycles. The van der Waals surface area contributed by atoms with E-state index in [2.05, 4.69) is 41.2 Å². The standard InChI is InChI=1S/C26H25ClINO3S/c1-22(2)18-13-14-23(22)15-33(32)29-24(23)20(21(30)17-11-7-4-8-12-17)19(16-9-5-3-6-10-16)26(27,28)25(18,24)31/h3-12,18,29,31H,13-15H2,1-2H3/t18-,23-,24-,25+,26+,33?/m0/s1. The average molecular weight is 594 g/mol. The van der Waals surface area contributed by atoms with Gasteiger partial charge < -0.3 is 5.11 Å². The molecule has 6 rings (SSSR count). The van der Waals surface area contributed by atoms with Crippen LogP contribution in [0.4, 0.5) is 0 Å².